The molecule has 2 fully saturated rings. The summed E-state index contributed by atoms with van der Waals surface area (Å²) in [5.41, 5.74) is 2.48. The molecule has 110 valence electrons. The maximum Gasteiger partial charge on any atom is 0.123 e. The molecule has 4 rings (SSSR count). The highest BCUT2D eigenvalue weighted by atomic mass is 32.1. The highest BCUT2D eigenvalue weighted by Crippen LogP contribution is 2.31. The summed E-state index contributed by atoms with van der Waals surface area (Å²) in [6, 6.07) is 11.2. The summed E-state index contributed by atoms with van der Waals surface area (Å²) in [5.74, 6) is 0. The van der Waals surface area contributed by atoms with Crippen LogP contribution in [0.3, 0.4) is 0 Å². The zero-order chi connectivity index (χ0) is 14.1. The fourth-order valence-corrected chi connectivity index (χ4v) is 4.18. The van der Waals surface area contributed by atoms with E-state index in [9.17, 15) is 0 Å². The van der Waals surface area contributed by atoms with E-state index < -0.39 is 0 Å². The number of aromatic nitrogens is 1. The molecule has 1 aromatic heterocycles. The Morgan fingerprint density at radius 3 is 3.10 bits per heavy atom. The van der Waals surface area contributed by atoms with Gasteiger partial charge in [-0.1, -0.05) is 30.3 Å². The summed E-state index contributed by atoms with van der Waals surface area (Å²) < 4.78 is 6.05. The third-order valence-corrected chi connectivity index (χ3v) is 5.45. The number of ether oxygens (including phenoxy) is 1. The second kappa shape index (κ2) is 5.87. The predicted octanol–water partition coefficient (Wildman–Crippen LogP) is 3.27. The zero-order valence-corrected chi connectivity index (χ0v) is 12.9. The van der Waals surface area contributed by atoms with E-state index in [1.807, 2.05) is 0 Å². The molecule has 1 aromatic carbocycles. The van der Waals surface area contributed by atoms with Gasteiger partial charge in [-0.2, -0.15) is 0 Å². The number of rotatable bonds is 3. The summed E-state index contributed by atoms with van der Waals surface area (Å²) in [5, 5.41) is 3.33. The summed E-state index contributed by atoms with van der Waals surface area (Å²) >= 11 is 1.75. The molecule has 2 atom stereocenters. The number of morpholine rings is 1. The van der Waals surface area contributed by atoms with Crippen molar-refractivity contribution in [3.05, 3.63) is 52.0 Å². The van der Waals surface area contributed by atoms with Crippen molar-refractivity contribution in [2.45, 2.75) is 31.4 Å². The van der Waals surface area contributed by atoms with Gasteiger partial charge in [0.25, 0.3) is 0 Å². The van der Waals surface area contributed by atoms with Crippen molar-refractivity contribution in [2.24, 2.45) is 0 Å². The van der Waals surface area contributed by atoms with Gasteiger partial charge in [0, 0.05) is 24.4 Å². The Morgan fingerprint density at radius 2 is 2.19 bits per heavy atom. The van der Waals surface area contributed by atoms with Gasteiger partial charge in [-0.05, 0) is 24.9 Å². The molecule has 2 aliphatic heterocycles. The van der Waals surface area contributed by atoms with E-state index in [4.69, 9.17) is 9.72 Å². The topological polar surface area (TPSA) is 25.4 Å². The number of thiazole rings is 1. The van der Waals surface area contributed by atoms with Gasteiger partial charge in [-0.3, -0.25) is 4.90 Å². The third-order valence-electron chi connectivity index (χ3n) is 4.46. The first kappa shape index (κ1) is 13.4. The lowest BCUT2D eigenvalue weighted by atomic mass is 10.1. The van der Waals surface area contributed by atoms with Crippen LogP contribution in [0.1, 0.15) is 35.2 Å². The SMILES string of the molecule is c1ccc(Cc2csc([C@H]3CN4CCC[C@H]4CO3)n2)cc1. The smallest absolute Gasteiger partial charge is 0.123 e. The molecule has 2 aromatic rings. The minimum absolute atomic E-state index is 0.175. The van der Waals surface area contributed by atoms with E-state index in [1.54, 1.807) is 11.3 Å². The monoisotopic (exact) mass is 300 g/mol. The molecule has 0 saturated carbocycles. The van der Waals surface area contributed by atoms with Crippen molar-refractivity contribution in [2.75, 3.05) is 19.7 Å². The lowest BCUT2D eigenvalue weighted by Gasteiger charge is -2.34. The normalized spacial score (nSPS) is 25.9. The average molecular weight is 300 g/mol. The van der Waals surface area contributed by atoms with Gasteiger partial charge < -0.3 is 4.74 Å². The molecular weight excluding hydrogens is 280 g/mol. The highest BCUT2D eigenvalue weighted by molar-refractivity contribution is 7.09. The predicted molar refractivity (Wildman–Crippen MR) is 84.7 cm³/mol. The number of nitrogens with zero attached hydrogens (tertiary/aromatic N) is 2. The maximum atomic E-state index is 6.05. The van der Waals surface area contributed by atoms with Gasteiger partial charge in [-0.15, -0.1) is 11.3 Å². The molecule has 4 heteroatoms. The van der Waals surface area contributed by atoms with Gasteiger partial charge in [-0.25, -0.2) is 4.98 Å². The Balaban J connectivity index is 1.44. The van der Waals surface area contributed by atoms with Crippen LogP contribution in [0.5, 0.6) is 0 Å². The Labute approximate surface area is 129 Å². The molecular formula is C17H20N2OS. The lowest BCUT2D eigenvalue weighted by Crippen LogP contribution is -2.42. The second-order valence-corrected chi connectivity index (χ2v) is 6.84. The van der Waals surface area contributed by atoms with Crippen LogP contribution in [-0.2, 0) is 11.2 Å². The maximum absolute atomic E-state index is 6.05. The minimum atomic E-state index is 0.175. The summed E-state index contributed by atoms with van der Waals surface area (Å²) in [6.07, 6.45) is 3.70. The molecule has 21 heavy (non-hydrogen) atoms. The number of fused-ring (bicyclic) bond motifs is 1. The van der Waals surface area contributed by atoms with Crippen LogP contribution in [0.4, 0.5) is 0 Å². The van der Waals surface area contributed by atoms with E-state index in [1.165, 1.54) is 24.9 Å². The van der Waals surface area contributed by atoms with Crippen molar-refractivity contribution in [1.82, 2.24) is 9.88 Å². The van der Waals surface area contributed by atoms with Crippen molar-refractivity contribution in [3.63, 3.8) is 0 Å². The van der Waals surface area contributed by atoms with Crippen molar-refractivity contribution >= 4 is 11.3 Å². The van der Waals surface area contributed by atoms with Crippen LogP contribution in [0.15, 0.2) is 35.7 Å². The fraction of sp³-hybridized carbons (Fsp3) is 0.471. The zero-order valence-electron chi connectivity index (χ0n) is 12.1. The number of hydrogen-bond acceptors (Lipinski definition) is 4. The van der Waals surface area contributed by atoms with E-state index >= 15 is 0 Å². The van der Waals surface area contributed by atoms with E-state index in [-0.39, 0.29) is 6.10 Å². The van der Waals surface area contributed by atoms with Gasteiger partial charge >= 0.3 is 0 Å². The first-order valence-corrected chi connectivity index (χ1v) is 8.60. The molecule has 3 heterocycles. The molecule has 0 amide bonds. The van der Waals surface area contributed by atoms with E-state index in [0.717, 1.165) is 30.3 Å². The van der Waals surface area contributed by atoms with Gasteiger partial charge in [0.15, 0.2) is 0 Å². The van der Waals surface area contributed by atoms with Crippen LogP contribution in [0, 0.1) is 0 Å². The van der Waals surface area contributed by atoms with Crippen molar-refractivity contribution in [3.8, 4) is 0 Å². The summed E-state index contributed by atoms with van der Waals surface area (Å²) in [6.45, 7) is 3.12. The Kier molecular flexibility index (Phi) is 3.76. The fourth-order valence-electron chi connectivity index (χ4n) is 3.32. The molecule has 2 saturated heterocycles. The van der Waals surface area contributed by atoms with Gasteiger partial charge in [0.05, 0.1) is 12.3 Å². The minimum Gasteiger partial charge on any atom is -0.368 e. The Hall–Kier alpha value is -1.23. The lowest BCUT2D eigenvalue weighted by molar-refractivity contribution is -0.0502. The molecule has 0 spiro atoms. The van der Waals surface area contributed by atoms with E-state index in [0.29, 0.717) is 6.04 Å². The van der Waals surface area contributed by atoms with Crippen LogP contribution >= 0.6 is 11.3 Å². The number of hydrogen-bond donors (Lipinski definition) is 0. The highest BCUT2D eigenvalue weighted by Gasteiger charge is 2.33. The van der Waals surface area contributed by atoms with Gasteiger partial charge in [0.1, 0.15) is 11.1 Å². The molecule has 0 bridgehead atoms. The molecule has 0 aliphatic carbocycles. The van der Waals surface area contributed by atoms with Crippen LogP contribution < -0.4 is 0 Å². The van der Waals surface area contributed by atoms with Crippen molar-refractivity contribution in [1.29, 1.82) is 0 Å². The first-order valence-electron chi connectivity index (χ1n) is 7.72. The third kappa shape index (κ3) is 2.89. The summed E-state index contributed by atoms with van der Waals surface area (Å²) in [7, 11) is 0. The van der Waals surface area contributed by atoms with Gasteiger partial charge in [0.2, 0.25) is 0 Å². The average Bonchev–Trinajstić information content (AvgIpc) is 3.16. The van der Waals surface area contributed by atoms with Crippen LogP contribution in [0.2, 0.25) is 0 Å². The standard InChI is InChI=1S/C17H20N2OS/c1-2-5-13(6-3-1)9-14-12-21-17(18-14)16-10-19-8-4-7-15(19)11-20-16/h1-3,5-6,12,15-16H,4,7-11H2/t15-,16+/m0/s1. The Morgan fingerprint density at radius 1 is 1.29 bits per heavy atom. The van der Waals surface area contributed by atoms with Crippen molar-refractivity contribution < 1.29 is 4.74 Å². The molecule has 0 unspecified atom stereocenters. The number of benzene rings is 1. The van der Waals surface area contributed by atoms with Crippen LogP contribution in [0.25, 0.3) is 0 Å². The molecule has 3 nitrogen and oxygen atoms in total. The molecule has 0 N–H and O–H groups in total. The Bertz CT molecular complexity index is 598. The van der Waals surface area contributed by atoms with Crippen LogP contribution in [-0.4, -0.2) is 35.6 Å². The second-order valence-electron chi connectivity index (χ2n) is 5.95. The molecule has 2 aliphatic rings. The quantitative estimate of drug-likeness (QED) is 0.870. The summed E-state index contributed by atoms with van der Waals surface area (Å²) in [4.78, 5) is 7.39. The largest absolute Gasteiger partial charge is 0.368 e. The first-order chi connectivity index (χ1) is 10.4. The molecule has 0 radical (unpaired) electrons. The van der Waals surface area contributed by atoms with E-state index in [2.05, 4.69) is 40.6 Å².